The Labute approximate surface area is 392 Å². The summed E-state index contributed by atoms with van der Waals surface area (Å²) in [6, 6.07) is 0. The van der Waals surface area contributed by atoms with Gasteiger partial charge in [-0.15, -0.1) is 0 Å². The van der Waals surface area contributed by atoms with Crippen LogP contribution < -0.4 is 0 Å². The minimum absolute atomic E-state index is 0.111. The van der Waals surface area contributed by atoms with Crippen molar-refractivity contribution in [3.63, 3.8) is 0 Å². The molecule has 6 heteroatoms. The summed E-state index contributed by atoms with van der Waals surface area (Å²) in [5.41, 5.74) is 0. The van der Waals surface area contributed by atoms with Crippen LogP contribution in [-0.4, -0.2) is 37.2 Å². The van der Waals surface area contributed by atoms with Crippen LogP contribution in [-0.2, 0) is 28.6 Å². The first-order valence-corrected chi connectivity index (χ1v) is 25.7. The van der Waals surface area contributed by atoms with Crippen molar-refractivity contribution in [3.8, 4) is 0 Å². The monoisotopic (exact) mass is 885 g/mol. The molecule has 6 nitrogen and oxygen atoms in total. The summed E-state index contributed by atoms with van der Waals surface area (Å²) in [6.45, 7) is 6.35. The Morgan fingerprint density at radius 1 is 0.328 bits per heavy atom. The van der Waals surface area contributed by atoms with Crippen LogP contribution in [0.4, 0.5) is 0 Å². The number of hydrogen-bond donors (Lipinski definition) is 0. The van der Waals surface area contributed by atoms with E-state index < -0.39 is 6.10 Å². The van der Waals surface area contributed by atoms with Gasteiger partial charge in [0.25, 0.3) is 0 Å². The van der Waals surface area contributed by atoms with Crippen molar-refractivity contribution in [1.29, 1.82) is 0 Å². The number of unbranched alkanes of at least 4 members (excludes halogenated alkanes) is 20. The maximum Gasteiger partial charge on any atom is 0.306 e. The van der Waals surface area contributed by atoms with Crippen LogP contribution in [0, 0.1) is 0 Å². The molecule has 0 radical (unpaired) electrons. The average Bonchev–Trinajstić information content (AvgIpc) is 3.29. The number of carbonyl (C=O) groups excluding carboxylic acids is 3. The third-order valence-electron chi connectivity index (χ3n) is 10.4. The van der Waals surface area contributed by atoms with Crippen LogP contribution in [0.15, 0.2) is 122 Å². The largest absolute Gasteiger partial charge is 0.462 e. The normalized spacial score (nSPS) is 13.1. The molecule has 0 bridgehead atoms. The van der Waals surface area contributed by atoms with Gasteiger partial charge in [-0.3, -0.25) is 14.4 Å². The lowest BCUT2D eigenvalue weighted by atomic mass is 10.1. The fraction of sp³-hybridized carbons (Fsp3) is 0.603. The van der Waals surface area contributed by atoms with Crippen LogP contribution >= 0.6 is 0 Å². The van der Waals surface area contributed by atoms with Crippen molar-refractivity contribution < 1.29 is 28.6 Å². The third kappa shape index (κ3) is 48.8. The zero-order valence-corrected chi connectivity index (χ0v) is 41.0. The maximum absolute atomic E-state index is 12.8. The molecule has 0 heterocycles. The predicted octanol–water partition coefficient (Wildman–Crippen LogP) is 16.9. The minimum atomic E-state index is -0.816. The molecule has 0 saturated heterocycles. The topological polar surface area (TPSA) is 78.9 Å². The molecule has 0 spiro atoms. The summed E-state index contributed by atoms with van der Waals surface area (Å²) >= 11 is 0. The van der Waals surface area contributed by atoms with Crippen molar-refractivity contribution >= 4 is 17.9 Å². The Bertz CT molecular complexity index is 1390. The lowest BCUT2D eigenvalue weighted by Crippen LogP contribution is -2.30. The molecule has 0 fully saturated rings. The number of carbonyl (C=O) groups is 3. The third-order valence-corrected chi connectivity index (χ3v) is 10.4. The first-order valence-electron chi connectivity index (χ1n) is 25.7. The molecule has 0 aliphatic rings. The van der Waals surface area contributed by atoms with Crippen LogP contribution in [0.2, 0.25) is 0 Å². The van der Waals surface area contributed by atoms with E-state index in [0.717, 1.165) is 103 Å². The SMILES string of the molecule is CC\C=C/C=C\C=C/C=C\C=C\C=C/CCCCCC(=O)OC(COC(=O)CCCCCCC\C=C/C=C\C=C/CCCCCCC)COC(=O)CCCCCCC/C=C\CCCC. The molecule has 1 atom stereocenters. The Kier molecular flexibility index (Phi) is 48.1. The fourth-order valence-corrected chi connectivity index (χ4v) is 6.51. The first kappa shape index (κ1) is 59.8. The standard InChI is InChI=1S/C58H92O6/c1-4-7-10-13-16-19-22-24-26-28-30-31-33-36-39-42-45-48-51-57(60)63-54-55(53-62-56(59)50-47-44-41-38-35-21-18-15-12-9-6-3)64-58(61)52-49-46-43-40-37-34-32-29-27-25-23-20-17-14-11-8-5-2/h8,11,14-15,17-18,20,22-32,34,37,55H,4-7,9-10,12-13,16,19,21,33,35-36,38-54H2,1-3H3/b11-8-,17-14-,18-15-,23-20-,24-22-,27-25-,28-26-,31-30-,32-29+,37-34-. The predicted molar refractivity (Wildman–Crippen MR) is 274 cm³/mol. The first-order chi connectivity index (χ1) is 31.5. The zero-order chi connectivity index (χ0) is 46.5. The molecule has 0 saturated carbocycles. The molecular formula is C58H92O6. The van der Waals surface area contributed by atoms with E-state index in [1.54, 1.807) is 0 Å². The van der Waals surface area contributed by atoms with E-state index in [4.69, 9.17) is 14.2 Å². The number of hydrogen-bond acceptors (Lipinski definition) is 6. The summed E-state index contributed by atoms with van der Waals surface area (Å²) in [7, 11) is 0. The molecule has 0 N–H and O–H groups in total. The minimum Gasteiger partial charge on any atom is -0.462 e. The van der Waals surface area contributed by atoms with Crippen molar-refractivity contribution in [3.05, 3.63) is 122 Å². The van der Waals surface area contributed by atoms with Crippen LogP contribution in [0.25, 0.3) is 0 Å². The second kappa shape index (κ2) is 51.4. The second-order valence-electron chi connectivity index (χ2n) is 16.6. The lowest BCUT2D eigenvalue weighted by Gasteiger charge is -2.18. The fourth-order valence-electron chi connectivity index (χ4n) is 6.51. The molecule has 0 aromatic carbocycles. The van der Waals surface area contributed by atoms with E-state index in [2.05, 4.69) is 81.5 Å². The van der Waals surface area contributed by atoms with Gasteiger partial charge < -0.3 is 14.2 Å². The Morgan fingerprint density at radius 3 is 1.06 bits per heavy atom. The molecule has 64 heavy (non-hydrogen) atoms. The number of ether oxygens (including phenoxy) is 3. The van der Waals surface area contributed by atoms with Gasteiger partial charge >= 0.3 is 17.9 Å². The Morgan fingerprint density at radius 2 is 0.641 bits per heavy atom. The quantitative estimate of drug-likeness (QED) is 0.0199. The zero-order valence-electron chi connectivity index (χ0n) is 41.0. The van der Waals surface area contributed by atoms with Gasteiger partial charge in [0.05, 0.1) is 0 Å². The Balaban J connectivity index is 4.54. The van der Waals surface area contributed by atoms with Crippen LogP contribution in [0.3, 0.4) is 0 Å². The van der Waals surface area contributed by atoms with E-state index in [-0.39, 0.29) is 37.5 Å². The van der Waals surface area contributed by atoms with Gasteiger partial charge in [-0.2, -0.15) is 0 Å². The number of rotatable bonds is 44. The van der Waals surface area contributed by atoms with Crippen molar-refractivity contribution in [2.45, 2.75) is 213 Å². The highest BCUT2D eigenvalue weighted by Gasteiger charge is 2.19. The van der Waals surface area contributed by atoms with E-state index >= 15 is 0 Å². The van der Waals surface area contributed by atoms with E-state index in [1.165, 1.54) is 57.8 Å². The lowest BCUT2D eigenvalue weighted by molar-refractivity contribution is -0.167. The van der Waals surface area contributed by atoms with Crippen LogP contribution in [0.1, 0.15) is 207 Å². The van der Waals surface area contributed by atoms with Gasteiger partial charge in [-0.25, -0.2) is 0 Å². The molecule has 0 aromatic heterocycles. The summed E-state index contributed by atoms with van der Waals surface area (Å²) < 4.78 is 16.7. The molecule has 360 valence electrons. The summed E-state index contributed by atoms with van der Waals surface area (Å²) in [5.74, 6) is -0.993. The van der Waals surface area contributed by atoms with Crippen molar-refractivity contribution in [2.24, 2.45) is 0 Å². The molecule has 0 rings (SSSR count). The number of allylic oxidation sites excluding steroid dienone is 20. The van der Waals surface area contributed by atoms with Gasteiger partial charge in [-0.05, 0) is 83.5 Å². The van der Waals surface area contributed by atoms with Gasteiger partial charge in [0, 0.05) is 19.3 Å². The number of esters is 3. The molecule has 0 amide bonds. The molecule has 0 aliphatic carbocycles. The van der Waals surface area contributed by atoms with E-state index in [0.29, 0.717) is 19.3 Å². The summed E-state index contributed by atoms with van der Waals surface area (Å²) in [5, 5.41) is 0. The molecule has 0 aliphatic heterocycles. The molecular weight excluding hydrogens is 793 g/mol. The van der Waals surface area contributed by atoms with E-state index in [1.807, 2.05) is 60.8 Å². The highest BCUT2D eigenvalue weighted by Crippen LogP contribution is 2.12. The van der Waals surface area contributed by atoms with Crippen molar-refractivity contribution in [2.75, 3.05) is 13.2 Å². The van der Waals surface area contributed by atoms with Crippen LogP contribution in [0.5, 0.6) is 0 Å². The van der Waals surface area contributed by atoms with Gasteiger partial charge in [-0.1, -0.05) is 226 Å². The average molecular weight is 885 g/mol. The van der Waals surface area contributed by atoms with Gasteiger partial charge in [0.1, 0.15) is 13.2 Å². The maximum atomic E-state index is 12.8. The highest BCUT2D eigenvalue weighted by molar-refractivity contribution is 5.71. The van der Waals surface area contributed by atoms with Gasteiger partial charge in [0.15, 0.2) is 6.10 Å². The highest BCUT2D eigenvalue weighted by atomic mass is 16.6. The van der Waals surface area contributed by atoms with Gasteiger partial charge in [0.2, 0.25) is 0 Å². The van der Waals surface area contributed by atoms with E-state index in [9.17, 15) is 14.4 Å². The van der Waals surface area contributed by atoms with Crippen molar-refractivity contribution in [1.82, 2.24) is 0 Å². The second-order valence-corrected chi connectivity index (χ2v) is 16.6. The smallest absolute Gasteiger partial charge is 0.306 e. The summed E-state index contributed by atoms with van der Waals surface area (Å²) in [4.78, 5) is 37.9. The summed E-state index contributed by atoms with van der Waals surface area (Å²) in [6.07, 6.45) is 70.3. The molecule has 1 unspecified atom stereocenters. The Hall–Kier alpha value is -4.19. The molecule has 0 aromatic rings.